The van der Waals surface area contributed by atoms with E-state index in [1.807, 2.05) is 0 Å². The summed E-state index contributed by atoms with van der Waals surface area (Å²) in [4.78, 5) is 36.2. The largest absolute Gasteiger partial charge is 0.613 e. The van der Waals surface area contributed by atoms with Crippen LogP contribution in [0.4, 0.5) is 0 Å². The van der Waals surface area contributed by atoms with E-state index in [-0.39, 0.29) is 13.2 Å². The summed E-state index contributed by atoms with van der Waals surface area (Å²) in [5.74, 6) is -0.563. The lowest BCUT2D eigenvalue weighted by Crippen LogP contribution is -2.33. The summed E-state index contributed by atoms with van der Waals surface area (Å²) in [6.45, 7) is 1.31. The Balaban J connectivity index is 1.86. The Morgan fingerprint density at radius 1 is 1.46 bits per heavy atom. The third kappa shape index (κ3) is 4.68. The zero-order chi connectivity index (χ0) is 17.7. The van der Waals surface area contributed by atoms with Gasteiger partial charge in [0.1, 0.15) is 19.3 Å². The molecule has 3 unspecified atom stereocenters. The Kier molecular flexibility index (Phi) is 6.16. The predicted octanol–water partition coefficient (Wildman–Crippen LogP) is -0.265. The van der Waals surface area contributed by atoms with E-state index in [4.69, 9.17) is 9.26 Å². The monoisotopic (exact) mass is 358 g/mol. The van der Waals surface area contributed by atoms with Crippen molar-refractivity contribution in [2.75, 3.05) is 20.3 Å². The lowest BCUT2D eigenvalue weighted by Gasteiger charge is -2.14. The van der Waals surface area contributed by atoms with E-state index >= 15 is 0 Å². The fraction of sp³-hybridized carbons (Fsp3) is 0.462. The third-order valence-corrected chi connectivity index (χ3v) is 3.96. The number of ether oxygens (including phenoxy) is 2. The van der Waals surface area contributed by atoms with Gasteiger partial charge in [0.05, 0.1) is 7.11 Å². The third-order valence-electron chi connectivity index (χ3n) is 3.16. The van der Waals surface area contributed by atoms with Crippen molar-refractivity contribution >= 4 is 14.1 Å². The molecular formula is C13H17N3O7P+. The van der Waals surface area contributed by atoms with E-state index in [2.05, 4.69) is 14.8 Å². The normalized spacial score (nSPS) is 20.2. The van der Waals surface area contributed by atoms with Crippen LogP contribution in [0.3, 0.4) is 0 Å². The van der Waals surface area contributed by atoms with Crippen LogP contribution in [-0.4, -0.2) is 41.9 Å². The molecule has 2 rings (SSSR count). The fourth-order valence-corrected chi connectivity index (χ4v) is 2.54. The van der Waals surface area contributed by atoms with Crippen molar-refractivity contribution in [3.05, 3.63) is 44.8 Å². The van der Waals surface area contributed by atoms with Gasteiger partial charge in [-0.3, -0.25) is 19.1 Å². The summed E-state index contributed by atoms with van der Waals surface area (Å²) in [6.07, 6.45) is 3.47. The molecule has 0 aliphatic carbocycles. The maximum absolute atomic E-state index is 11.8. The number of rotatable bonds is 7. The molecule has 130 valence electrons. The number of carbonyl (C=O) groups is 1. The highest BCUT2D eigenvalue weighted by Gasteiger charge is 2.27. The summed E-state index contributed by atoms with van der Waals surface area (Å²) >= 11 is 0. The number of aromatic nitrogens is 2. The highest BCUT2D eigenvalue weighted by Crippen LogP contribution is 2.23. The van der Waals surface area contributed by atoms with Crippen LogP contribution in [-0.2, 0) is 23.4 Å². The quantitative estimate of drug-likeness (QED) is 0.387. The molecule has 0 fully saturated rings. The number of nitrogens with one attached hydrogen (secondary N) is 2. The van der Waals surface area contributed by atoms with E-state index in [1.165, 1.54) is 17.9 Å². The minimum Gasteiger partial charge on any atom is -0.468 e. The number of hydrogen-bond acceptors (Lipinski definition) is 7. The standard InChI is InChI=1S/C13H16N3O7P/c1-8-6-16(13(19)15-12(8)18)10-4-3-9(23-10)7-22-24(20)14-5-11(17)21-2/h3-4,6,9-10H,5,7H2,1-2H3,(H-,14,15,18,19,20)/p+1. The number of H-pyrrole nitrogens is 1. The molecule has 1 aromatic rings. The Morgan fingerprint density at radius 3 is 2.92 bits per heavy atom. The van der Waals surface area contributed by atoms with Crippen LogP contribution in [0.1, 0.15) is 11.8 Å². The molecule has 0 aromatic carbocycles. The van der Waals surface area contributed by atoms with Gasteiger partial charge in [0.15, 0.2) is 6.23 Å². The summed E-state index contributed by atoms with van der Waals surface area (Å²) in [5, 5.41) is 2.36. The predicted molar refractivity (Wildman–Crippen MR) is 82.7 cm³/mol. The maximum atomic E-state index is 11.8. The van der Waals surface area contributed by atoms with E-state index in [9.17, 15) is 18.9 Å². The molecule has 0 bridgehead atoms. The highest BCUT2D eigenvalue weighted by atomic mass is 31.1. The molecule has 3 atom stereocenters. The van der Waals surface area contributed by atoms with Gasteiger partial charge in [-0.15, -0.1) is 4.52 Å². The van der Waals surface area contributed by atoms with Gasteiger partial charge in [0.2, 0.25) is 0 Å². The van der Waals surface area contributed by atoms with Crippen molar-refractivity contribution in [2.45, 2.75) is 19.3 Å². The van der Waals surface area contributed by atoms with Crippen molar-refractivity contribution in [2.24, 2.45) is 0 Å². The van der Waals surface area contributed by atoms with Crippen LogP contribution >= 0.6 is 8.18 Å². The first-order valence-electron chi connectivity index (χ1n) is 6.97. The van der Waals surface area contributed by atoms with Crippen LogP contribution in [0.2, 0.25) is 0 Å². The number of hydrogen-bond donors (Lipinski definition) is 2. The molecule has 2 N–H and O–H groups in total. The second kappa shape index (κ2) is 8.11. The molecule has 10 nitrogen and oxygen atoms in total. The average molecular weight is 358 g/mol. The minimum absolute atomic E-state index is 0.0343. The van der Waals surface area contributed by atoms with Crippen molar-refractivity contribution in [3.8, 4) is 0 Å². The Morgan fingerprint density at radius 2 is 2.21 bits per heavy atom. The van der Waals surface area contributed by atoms with E-state index < -0.39 is 37.7 Å². The van der Waals surface area contributed by atoms with Gasteiger partial charge in [0, 0.05) is 11.8 Å². The second-order valence-corrected chi connectivity index (χ2v) is 5.98. The number of esters is 1. The van der Waals surface area contributed by atoms with Gasteiger partial charge in [-0.2, -0.15) is 0 Å². The zero-order valence-corrected chi connectivity index (χ0v) is 13.9. The highest BCUT2D eigenvalue weighted by molar-refractivity contribution is 7.36. The average Bonchev–Trinajstić information content (AvgIpc) is 3.02. The van der Waals surface area contributed by atoms with E-state index in [0.717, 1.165) is 0 Å². The number of methoxy groups -OCH3 is 1. The summed E-state index contributed by atoms with van der Waals surface area (Å²) < 4.78 is 27.8. The van der Waals surface area contributed by atoms with Crippen molar-refractivity contribution in [1.29, 1.82) is 0 Å². The molecule has 24 heavy (non-hydrogen) atoms. The lowest BCUT2D eigenvalue weighted by molar-refractivity contribution is -0.139. The van der Waals surface area contributed by atoms with Crippen LogP contribution in [0, 0.1) is 6.92 Å². The number of nitrogens with zero attached hydrogens (tertiary/aromatic N) is 1. The van der Waals surface area contributed by atoms with Gasteiger partial charge >= 0.3 is 19.8 Å². The molecule has 1 aromatic heterocycles. The lowest BCUT2D eigenvalue weighted by atomic mass is 10.3. The Labute approximate surface area is 137 Å². The van der Waals surface area contributed by atoms with Crippen molar-refractivity contribution in [3.63, 3.8) is 0 Å². The van der Waals surface area contributed by atoms with Gasteiger partial charge in [-0.25, -0.2) is 4.79 Å². The Hall–Kier alpha value is -2.13. The molecule has 0 saturated carbocycles. The molecule has 1 aliphatic rings. The first-order chi connectivity index (χ1) is 11.4. The maximum Gasteiger partial charge on any atom is 0.613 e. The van der Waals surface area contributed by atoms with E-state index in [1.54, 1.807) is 19.1 Å². The first-order valence-corrected chi connectivity index (χ1v) is 8.15. The smallest absolute Gasteiger partial charge is 0.468 e. The number of carbonyl (C=O) groups excluding carboxylic acids is 1. The molecule has 0 spiro atoms. The molecule has 2 heterocycles. The number of aromatic amines is 1. The van der Waals surface area contributed by atoms with Crippen LogP contribution in [0.15, 0.2) is 27.9 Å². The van der Waals surface area contributed by atoms with Gasteiger partial charge in [0.25, 0.3) is 5.56 Å². The summed E-state index contributed by atoms with van der Waals surface area (Å²) in [6, 6.07) is 0. The van der Waals surface area contributed by atoms with Crippen LogP contribution in [0.25, 0.3) is 0 Å². The number of aryl methyl sites for hydroxylation is 1. The summed E-state index contributed by atoms with van der Waals surface area (Å²) in [7, 11) is -1.03. The van der Waals surface area contributed by atoms with Crippen LogP contribution < -0.4 is 16.3 Å². The van der Waals surface area contributed by atoms with Crippen molar-refractivity contribution < 1.29 is 23.4 Å². The summed E-state index contributed by atoms with van der Waals surface area (Å²) in [5.41, 5.74) is -0.666. The molecule has 11 heteroatoms. The molecular weight excluding hydrogens is 341 g/mol. The molecule has 0 saturated heterocycles. The zero-order valence-electron chi connectivity index (χ0n) is 13.1. The first kappa shape index (κ1) is 18.2. The van der Waals surface area contributed by atoms with Gasteiger partial charge in [-0.05, 0) is 17.6 Å². The van der Waals surface area contributed by atoms with Gasteiger partial charge < -0.3 is 9.47 Å². The van der Waals surface area contributed by atoms with E-state index in [0.29, 0.717) is 5.56 Å². The Bertz CT molecular complexity index is 770. The van der Waals surface area contributed by atoms with Crippen molar-refractivity contribution in [1.82, 2.24) is 14.6 Å². The fourth-order valence-electron chi connectivity index (χ4n) is 1.91. The second-order valence-electron chi connectivity index (χ2n) is 4.89. The SMILES string of the molecule is COC(=O)CN[P+](=O)OCC1C=CC(n2cc(C)c(=O)[nH]c2=O)O1. The van der Waals surface area contributed by atoms with Crippen LogP contribution in [0.5, 0.6) is 0 Å². The molecule has 1 aliphatic heterocycles. The topological polar surface area (TPSA) is 129 Å². The van der Waals surface area contributed by atoms with Gasteiger partial charge in [-0.1, -0.05) is 11.2 Å². The molecule has 0 radical (unpaired) electrons. The molecule has 0 amide bonds. The minimum atomic E-state index is -2.25.